The summed E-state index contributed by atoms with van der Waals surface area (Å²) < 4.78 is 35.8. The number of rotatable bonds is 3. The van der Waals surface area contributed by atoms with E-state index in [-0.39, 0.29) is 40.5 Å². The highest BCUT2D eigenvalue weighted by molar-refractivity contribution is 7.92. The lowest BCUT2D eigenvalue weighted by molar-refractivity contribution is 0.0690. The van der Waals surface area contributed by atoms with Crippen molar-refractivity contribution in [3.05, 3.63) is 95.1 Å². The SMILES string of the molecule is Cc1cccc(C)c1-c1cc2nc(n1)NS(=O)(=O)c1cccc(c1)C(=O)N1CCN(Cc3ccccc3O)CC(C1)O2. The molecule has 2 aliphatic rings. The fourth-order valence-corrected chi connectivity index (χ4v) is 6.52. The van der Waals surface area contributed by atoms with E-state index in [1.807, 2.05) is 44.2 Å². The zero-order valence-corrected chi connectivity index (χ0v) is 24.1. The molecule has 1 unspecified atom stereocenters. The molecule has 1 aromatic heterocycles. The number of phenolic OH excluding ortho intramolecular Hbond substituents is 1. The van der Waals surface area contributed by atoms with Crippen molar-refractivity contribution in [2.75, 3.05) is 30.9 Å². The van der Waals surface area contributed by atoms with Crippen LogP contribution in [-0.4, -0.2) is 71.5 Å². The summed E-state index contributed by atoms with van der Waals surface area (Å²) in [6.07, 6.45) is -0.503. The fourth-order valence-electron chi connectivity index (χ4n) is 5.53. The smallest absolute Gasteiger partial charge is 0.264 e. The first-order chi connectivity index (χ1) is 20.2. The molecule has 1 amide bonds. The first-order valence-corrected chi connectivity index (χ1v) is 15.2. The Morgan fingerprint density at radius 2 is 1.71 bits per heavy atom. The van der Waals surface area contributed by atoms with Crippen molar-refractivity contribution in [1.29, 1.82) is 0 Å². The molecule has 4 aromatic rings. The van der Waals surface area contributed by atoms with Gasteiger partial charge in [-0.05, 0) is 49.2 Å². The maximum absolute atomic E-state index is 13.7. The molecule has 0 saturated carbocycles. The van der Waals surface area contributed by atoms with Crippen LogP contribution in [0.25, 0.3) is 11.3 Å². The fraction of sp³-hybridized carbons (Fsp3) is 0.258. The number of benzene rings is 3. The Kier molecular flexibility index (Phi) is 7.29. The molecular formula is C31H31N5O5S. The first-order valence-electron chi connectivity index (χ1n) is 13.7. The van der Waals surface area contributed by atoms with E-state index in [4.69, 9.17) is 4.74 Å². The third-order valence-corrected chi connectivity index (χ3v) is 8.91. The van der Waals surface area contributed by atoms with E-state index in [1.54, 1.807) is 35.2 Å². The van der Waals surface area contributed by atoms with Crippen LogP contribution in [0.1, 0.15) is 27.0 Å². The number of aryl methyl sites for hydroxylation is 2. The van der Waals surface area contributed by atoms with Crippen molar-refractivity contribution in [3.8, 4) is 22.9 Å². The van der Waals surface area contributed by atoms with Crippen LogP contribution in [-0.2, 0) is 16.6 Å². The lowest BCUT2D eigenvalue weighted by Crippen LogP contribution is -2.40. The number of nitrogens with one attached hydrogen (secondary N) is 1. The molecule has 0 spiro atoms. The van der Waals surface area contributed by atoms with Crippen molar-refractivity contribution >= 4 is 21.9 Å². The number of nitrogens with zero attached hydrogens (tertiary/aromatic N) is 4. The van der Waals surface area contributed by atoms with Gasteiger partial charge in [0.25, 0.3) is 15.9 Å². The number of sulfonamides is 1. The number of carbonyl (C=O) groups excluding carboxylic acids is 1. The molecule has 3 heterocycles. The molecular weight excluding hydrogens is 554 g/mol. The van der Waals surface area contributed by atoms with Crippen molar-refractivity contribution in [2.45, 2.75) is 31.4 Å². The van der Waals surface area contributed by atoms with Crippen LogP contribution in [0.5, 0.6) is 11.6 Å². The number of para-hydroxylation sites is 1. The number of hydrogen-bond donors (Lipinski definition) is 2. The van der Waals surface area contributed by atoms with E-state index in [2.05, 4.69) is 19.6 Å². The van der Waals surface area contributed by atoms with Crippen LogP contribution in [0.2, 0.25) is 0 Å². The molecule has 1 saturated heterocycles. The van der Waals surface area contributed by atoms with Crippen LogP contribution in [0.3, 0.4) is 0 Å². The third kappa shape index (κ3) is 5.65. The average molecular weight is 586 g/mol. The number of fused-ring (bicyclic) bond motifs is 6. The van der Waals surface area contributed by atoms with Gasteiger partial charge in [0.05, 0.1) is 17.1 Å². The third-order valence-electron chi connectivity index (χ3n) is 7.59. The highest BCUT2D eigenvalue weighted by atomic mass is 32.2. The van der Waals surface area contributed by atoms with Crippen molar-refractivity contribution in [1.82, 2.24) is 19.8 Å². The van der Waals surface area contributed by atoms with Gasteiger partial charge in [0.2, 0.25) is 11.8 Å². The minimum Gasteiger partial charge on any atom is -0.508 e. The molecule has 3 aromatic carbocycles. The molecule has 6 rings (SSSR count). The van der Waals surface area contributed by atoms with E-state index in [0.29, 0.717) is 31.9 Å². The maximum atomic E-state index is 13.7. The predicted octanol–water partition coefficient (Wildman–Crippen LogP) is 3.99. The van der Waals surface area contributed by atoms with Gasteiger partial charge < -0.3 is 14.7 Å². The van der Waals surface area contributed by atoms with Crippen LogP contribution < -0.4 is 9.46 Å². The molecule has 6 bridgehead atoms. The summed E-state index contributed by atoms with van der Waals surface area (Å²) in [6, 6.07) is 20.7. The molecule has 2 aliphatic heterocycles. The molecule has 11 heteroatoms. The lowest BCUT2D eigenvalue weighted by atomic mass is 10.00. The van der Waals surface area contributed by atoms with E-state index in [1.165, 1.54) is 12.1 Å². The Bertz CT molecular complexity index is 1760. The number of aromatic nitrogens is 2. The lowest BCUT2D eigenvalue weighted by Gasteiger charge is -2.25. The summed E-state index contributed by atoms with van der Waals surface area (Å²) in [7, 11) is -4.11. The molecule has 10 nitrogen and oxygen atoms in total. The second-order valence-electron chi connectivity index (χ2n) is 10.7. The van der Waals surface area contributed by atoms with Crippen molar-refractivity contribution in [3.63, 3.8) is 0 Å². The summed E-state index contributed by atoms with van der Waals surface area (Å²) in [4.78, 5) is 26.5. The Morgan fingerprint density at radius 1 is 0.952 bits per heavy atom. The Labute approximate surface area is 244 Å². The van der Waals surface area contributed by atoms with Crippen LogP contribution in [0.4, 0.5) is 5.95 Å². The molecule has 216 valence electrons. The van der Waals surface area contributed by atoms with Gasteiger partial charge in [0.1, 0.15) is 11.9 Å². The van der Waals surface area contributed by atoms with E-state index in [0.717, 1.165) is 22.3 Å². The summed E-state index contributed by atoms with van der Waals surface area (Å²) in [6.45, 7) is 6.03. The van der Waals surface area contributed by atoms with E-state index >= 15 is 0 Å². The standard InChI is InChI=1S/C31H31N5O5S/c1-20-7-5-8-21(2)29(20)26-16-28-33-31(32-26)34-42(39,40)25-11-6-10-22(15-25)30(38)36-14-13-35(18-24(19-36)41-28)17-23-9-3-4-12-27(23)37/h3-12,15-16,24,37H,13-14,17-19H2,1-2H3,(H,32,33,34). The number of phenols is 1. The monoisotopic (exact) mass is 585 g/mol. The predicted molar refractivity (Wildman–Crippen MR) is 158 cm³/mol. The second-order valence-corrected chi connectivity index (χ2v) is 12.4. The highest BCUT2D eigenvalue weighted by Gasteiger charge is 2.30. The number of anilines is 1. The van der Waals surface area contributed by atoms with Gasteiger partial charge in [-0.1, -0.05) is 42.5 Å². The van der Waals surface area contributed by atoms with Crippen molar-refractivity contribution < 1.29 is 23.1 Å². The molecule has 1 atom stereocenters. The van der Waals surface area contributed by atoms with E-state index in [9.17, 15) is 18.3 Å². The topological polar surface area (TPSA) is 125 Å². The minimum atomic E-state index is -4.11. The number of aromatic hydroxyl groups is 1. The molecule has 0 radical (unpaired) electrons. The Hall–Kier alpha value is -4.48. The molecule has 1 fully saturated rings. The van der Waals surface area contributed by atoms with Gasteiger partial charge >= 0.3 is 0 Å². The normalized spacial score (nSPS) is 18.5. The first kappa shape index (κ1) is 27.7. The molecule has 0 aliphatic carbocycles. The Balaban J connectivity index is 1.46. The number of ether oxygens (including phenoxy) is 1. The quantitative estimate of drug-likeness (QED) is 0.370. The Morgan fingerprint density at radius 3 is 2.50 bits per heavy atom. The second kappa shape index (κ2) is 11.1. The molecule has 42 heavy (non-hydrogen) atoms. The maximum Gasteiger partial charge on any atom is 0.264 e. The van der Waals surface area contributed by atoms with Gasteiger partial charge in [-0.2, -0.15) is 4.98 Å². The average Bonchev–Trinajstić information content (AvgIpc) is 3.15. The summed E-state index contributed by atoms with van der Waals surface area (Å²) in [5, 5.41) is 10.4. The van der Waals surface area contributed by atoms with E-state index < -0.39 is 16.1 Å². The van der Waals surface area contributed by atoms with Gasteiger partial charge in [0, 0.05) is 48.9 Å². The zero-order chi connectivity index (χ0) is 29.4. The van der Waals surface area contributed by atoms with Gasteiger partial charge in [-0.3, -0.25) is 9.69 Å². The van der Waals surface area contributed by atoms with Crippen LogP contribution >= 0.6 is 0 Å². The summed E-state index contributed by atoms with van der Waals surface area (Å²) in [5.74, 6) is -0.0267. The molecule has 2 N–H and O–H groups in total. The van der Waals surface area contributed by atoms with Gasteiger partial charge in [0.15, 0.2) is 0 Å². The number of hydrogen-bond acceptors (Lipinski definition) is 8. The minimum absolute atomic E-state index is 0.0660. The largest absolute Gasteiger partial charge is 0.508 e. The van der Waals surface area contributed by atoms with Crippen LogP contribution in [0.15, 0.2) is 77.7 Å². The van der Waals surface area contributed by atoms with Gasteiger partial charge in [-0.25, -0.2) is 18.1 Å². The zero-order valence-electron chi connectivity index (χ0n) is 23.3. The highest BCUT2D eigenvalue weighted by Crippen LogP contribution is 2.30. The van der Waals surface area contributed by atoms with Crippen LogP contribution in [0, 0.1) is 13.8 Å². The summed E-state index contributed by atoms with van der Waals surface area (Å²) >= 11 is 0. The summed E-state index contributed by atoms with van der Waals surface area (Å²) in [5.41, 5.74) is 4.35. The number of carbonyl (C=O) groups is 1. The van der Waals surface area contributed by atoms with Gasteiger partial charge in [-0.15, -0.1) is 0 Å². The number of amides is 1. The van der Waals surface area contributed by atoms with Crippen molar-refractivity contribution in [2.24, 2.45) is 0 Å².